The zero-order chi connectivity index (χ0) is 16.1. The SMILES string of the molecule is Cc1ccc(NC(=S)N[C@@H](c2ccccc2)c2ccco2)cc1. The van der Waals surface area contributed by atoms with Gasteiger partial charge in [0.15, 0.2) is 5.11 Å². The highest BCUT2D eigenvalue weighted by Crippen LogP contribution is 2.22. The van der Waals surface area contributed by atoms with Crippen molar-refractivity contribution in [1.82, 2.24) is 5.32 Å². The van der Waals surface area contributed by atoms with E-state index in [2.05, 4.69) is 29.7 Å². The Kier molecular flexibility index (Phi) is 4.74. The molecular formula is C19H18N2OS. The van der Waals surface area contributed by atoms with Gasteiger partial charge >= 0.3 is 0 Å². The molecule has 0 fully saturated rings. The third-order valence-electron chi connectivity index (χ3n) is 3.55. The summed E-state index contributed by atoms with van der Waals surface area (Å²) in [5, 5.41) is 7.09. The second kappa shape index (κ2) is 7.11. The van der Waals surface area contributed by atoms with Crippen molar-refractivity contribution in [2.24, 2.45) is 0 Å². The average Bonchev–Trinajstić information content (AvgIpc) is 3.10. The van der Waals surface area contributed by atoms with Crippen LogP contribution in [-0.2, 0) is 0 Å². The maximum absolute atomic E-state index is 5.57. The van der Waals surface area contributed by atoms with Gasteiger partial charge in [0.25, 0.3) is 0 Å². The molecule has 116 valence electrons. The molecule has 4 heteroatoms. The highest BCUT2D eigenvalue weighted by molar-refractivity contribution is 7.80. The van der Waals surface area contributed by atoms with Crippen LogP contribution in [0.3, 0.4) is 0 Å². The second-order valence-electron chi connectivity index (χ2n) is 5.32. The van der Waals surface area contributed by atoms with Crippen LogP contribution in [0.4, 0.5) is 5.69 Å². The number of aryl methyl sites for hydroxylation is 1. The molecule has 0 aliphatic carbocycles. The first kappa shape index (κ1) is 15.3. The first-order valence-corrected chi connectivity index (χ1v) is 7.86. The molecule has 0 saturated heterocycles. The zero-order valence-electron chi connectivity index (χ0n) is 12.8. The Morgan fingerprint density at radius 2 is 1.70 bits per heavy atom. The van der Waals surface area contributed by atoms with Crippen molar-refractivity contribution in [1.29, 1.82) is 0 Å². The van der Waals surface area contributed by atoms with Gasteiger partial charge in [-0.2, -0.15) is 0 Å². The van der Waals surface area contributed by atoms with Crippen molar-refractivity contribution in [2.45, 2.75) is 13.0 Å². The summed E-state index contributed by atoms with van der Waals surface area (Å²) in [6.07, 6.45) is 1.67. The normalized spacial score (nSPS) is 11.7. The van der Waals surface area contributed by atoms with Crippen molar-refractivity contribution in [2.75, 3.05) is 5.32 Å². The maximum atomic E-state index is 5.57. The molecule has 0 aliphatic heterocycles. The van der Waals surface area contributed by atoms with Crippen molar-refractivity contribution < 1.29 is 4.42 Å². The lowest BCUT2D eigenvalue weighted by atomic mass is 10.1. The Morgan fingerprint density at radius 3 is 2.35 bits per heavy atom. The quantitative estimate of drug-likeness (QED) is 0.685. The summed E-state index contributed by atoms with van der Waals surface area (Å²) in [6, 6.07) is 21.9. The van der Waals surface area contributed by atoms with Crippen LogP contribution in [0.5, 0.6) is 0 Å². The molecule has 2 aromatic carbocycles. The first-order chi connectivity index (χ1) is 11.2. The topological polar surface area (TPSA) is 37.2 Å². The molecule has 0 radical (unpaired) electrons. The fourth-order valence-corrected chi connectivity index (χ4v) is 2.59. The third-order valence-corrected chi connectivity index (χ3v) is 3.77. The van der Waals surface area contributed by atoms with Crippen LogP contribution in [0.1, 0.15) is 22.9 Å². The minimum atomic E-state index is -0.128. The molecule has 3 rings (SSSR count). The highest BCUT2D eigenvalue weighted by atomic mass is 32.1. The van der Waals surface area contributed by atoms with Gasteiger partial charge in [-0.1, -0.05) is 48.0 Å². The van der Waals surface area contributed by atoms with Gasteiger partial charge in [-0.15, -0.1) is 0 Å². The molecule has 1 atom stereocenters. The average molecular weight is 322 g/mol. The van der Waals surface area contributed by atoms with Gasteiger partial charge in [0.05, 0.1) is 6.26 Å². The van der Waals surface area contributed by atoms with Crippen LogP contribution in [0, 0.1) is 6.92 Å². The molecule has 3 aromatic rings. The van der Waals surface area contributed by atoms with E-state index in [1.165, 1.54) is 5.56 Å². The van der Waals surface area contributed by atoms with Crippen molar-refractivity contribution in [3.63, 3.8) is 0 Å². The lowest BCUT2D eigenvalue weighted by molar-refractivity contribution is 0.476. The van der Waals surface area contributed by atoms with Crippen molar-refractivity contribution in [3.05, 3.63) is 89.9 Å². The van der Waals surface area contributed by atoms with E-state index in [0.717, 1.165) is 17.0 Å². The van der Waals surface area contributed by atoms with Gasteiger partial charge in [0.2, 0.25) is 0 Å². The number of furan rings is 1. The molecule has 2 N–H and O–H groups in total. The summed E-state index contributed by atoms with van der Waals surface area (Å²) in [7, 11) is 0. The molecule has 0 amide bonds. The summed E-state index contributed by atoms with van der Waals surface area (Å²) in [5.41, 5.74) is 3.27. The van der Waals surface area contributed by atoms with E-state index >= 15 is 0 Å². The summed E-state index contributed by atoms with van der Waals surface area (Å²) < 4.78 is 5.57. The predicted molar refractivity (Wildman–Crippen MR) is 97.5 cm³/mol. The highest BCUT2D eigenvalue weighted by Gasteiger charge is 2.17. The van der Waals surface area contributed by atoms with Crippen LogP contribution in [0.2, 0.25) is 0 Å². The summed E-state index contributed by atoms with van der Waals surface area (Å²) in [5.74, 6) is 0.823. The van der Waals surface area contributed by atoms with Crippen LogP contribution >= 0.6 is 12.2 Å². The minimum Gasteiger partial charge on any atom is -0.467 e. The number of rotatable bonds is 4. The minimum absolute atomic E-state index is 0.128. The fourth-order valence-electron chi connectivity index (χ4n) is 2.35. The smallest absolute Gasteiger partial charge is 0.171 e. The number of anilines is 1. The fraction of sp³-hybridized carbons (Fsp3) is 0.105. The summed E-state index contributed by atoms with van der Waals surface area (Å²) in [6.45, 7) is 2.06. The van der Waals surface area contributed by atoms with Crippen molar-refractivity contribution in [3.8, 4) is 0 Å². The van der Waals surface area contributed by atoms with Gasteiger partial charge in [-0.3, -0.25) is 0 Å². The lowest BCUT2D eigenvalue weighted by Crippen LogP contribution is -2.32. The number of hydrogen-bond acceptors (Lipinski definition) is 2. The first-order valence-electron chi connectivity index (χ1n) is 7.45. The van der Waals surface area contributed by atoms with Gasteiger partial charge in [-0.05, 0) is 49.0 Å². The molecule has 3 nitrogen and oxygen atoms in total. The van der Waals surface area contributed by atoms with E-state index in [1.54, 1.807) is 6.26 Å². The van der Waals surface area contributed by atoms with Crippen LogP contribution in [0.25, 0.3) is 0 Å². The molecular weight excluding hydrogens is 304 g/mol. The van der Waals surface area contributed by atoms with Gasteiger partial charge in [0, 0.05) is 5.69 Å². The second-order valence-corrected chi connectivity index (χ2v) is 5.73. The largest absolute Gasteiger partial charge is 0.467 e. The van der Waals surface area contributed by atoms with E-state index in [0.29, 0.717) is 5.11 Å². The van der Waals surface area contributed by atoms with Gasteiger partial charge in [-0.25, -0.2) is 0 Å². The third kappa shape index (κ3) is 3.99. The van der Waals surface area contributed by atoms with Crippen molar-refractivity contribution >= 4 is 23.0 Å². The molecule has 0 bridgehead atoms. The Balaban J connectivity index is 1.76. The van der Waals surface area contributed by atoms with E-state index in [4.69, 9.17) is 16.6 Å². The predicted octanol–water partition coefficient (Wildman–Crippen LogP) is 4.66. The molecule has 23 heavy (non-hydrogen) atoms. The van der Waals surface area contributed by atoms with E-state index in [1.807, 2.05) is 54.6 Å². The van der Waals surface area contributed by atoms with E-state index in [9.17, 15) is 0 Å². The van der Waals surface area contributed by atoms with Crippen LogP contribution < -0.4 is 10.6 Å². The molecule has 0 saturated carbocycles. The molecule has 0 spiro atoms. The molecule has 0 aliphatic rings. The Morgan fingerprint density at radius 1 is 0.957 bits per heavy atom. The summed E-state index contributed by atoms with van der Waals surface area (Å²) in [4.78, 5) is 0. The van der Waals surface area contributed by atoms with Crippen LogP contribution in [-0.4, -0.2) is 5.11 Å². The number of thiocarbonyl (C=S) groups is 1. The lowest BCUT2D eigenvalue weighted by Gasteiger charge is -2.19. The molecule has 1 aromatic heterocycles. The number of nitrogens with one attached hydrogen (secondary N) is 2. The maximum Gasteiger partial charge on any atom is 0.171 e. The van der Waals surface area contributed by atoms with Gasteiger partial charge in [0.1, 0.15) is 11.8 Å². The van der Waals surface area contributed by atoms with Gasteiger partial charge < -0.3 is 15.1 Å². The molecule has 0 unspecified atom stereocenters. The summed E-state index contributed by atoms with van der Waals surface area (Å²) >= 11 is 5.46. The number of benzene rings is 2. The van der Waals surface area contributed by atoms with Crippen LogP contribution in [0.15, 0.2) is 77.4 Å². The zero-order valence-corrected chi connectivity index (χ0v) is 13.6. The number of hydrogen-bond donors (Lipinski definition) is 2. The molecule has 1 heterocycles. The van der Waals surface area contributed by atoms with E-state index < -0.39 is 0 Å². The monoisotopic (exact) mass is 322 g/mol. The Hall–Kier alpha value is -2.59. The Labute approximate surface area is 141 Å². The standard InChI is InChI=1S/C19H18N2OS/c1-14-9-11-16(12-10-14)20-19(23)21-18(17-8-5-13-22-17)15-6-3-2-4-7-15/h2-13,18H,1H3,(H2,20,21,23)/t18-/m0/s1. The Bertz CT molecular complexity index is 752. The van der Waals surface area contributed by atoms with E-state index in [-0.39, 0.29) is 6.04 Å².